The number of aliphatic carboxylic acids is 1. The van der Waals surface area contributed by atoms with E-state index in [2.05, 4.69) is 0 Å². The monoisotopic (exact) mass is 326 g/mol. The van der Waals surface area contributed by atoms with Gasteiger partial charge in [-0.25, -0.2) is 0 Å². The maximum Gasteiger partial charge on any atom is 0.266 e. The summed E-state index contributed by atoms with van der Waals surface area (Å²) in [5, 5.41) is 13.2. The van der Waals surface area contributed by atoms with Gasteiger partial charge in [-0.15, -0.1) is 11.3 Å². The molecule has 2 rings (SSSR count). The molecule has 1 fully saturated rings. The van der Waals surface area contributed by atoms with Crippen LogP contribution in [0.4, 0.5) is 0 Å². The molecule has 0 N–H and O–H groups in total. The maximum absolute atomic E-state index is 12.4. The number of hydrogen-bond donors (Lipinski definition) is 0. The van der Waals surface area contributed by atoms with Gasteiger partial charge in [-0.05, 0) is 23.4 Å². The molecule has 106 valence electrons. The molecule has 2 heterocycles. The third kappa shape index (κ3) is 2.94. The van der Waals surface area contributed by atoms with Gasteiger partial charge in [-0.2, -0.15) is 0 Å². The average molecular weight is 326 g/mol. The number of thiocarbonyl (C=S) groups is 1. The minimum atomic E-state index is -1.28. The molecule has 1 atom stereocenters. The number of carboxylic acids is 1. The van der Waals surface area contributed by atoms with Crippen molar-refractivity contribution in [2.75, 3.05) is 0 Å². The van der Waals surface area contributed by atoms with E-state index in [0.717, 1.165) is 21.5 Å². The van der Waals surface area contributed by atoms with Gasteiger partial charge in [0.15, 0.2) is 0 Å². The molecule has 1 aromatic heterocycles. The Bertz CT molecular complexity index is 578. The lowest BCUT2D eigenvalue weighted by atomic mass is 10.0. The van der Waals surface area contributed by atoms with Crippen LogP contribution in [0.3, 0.4) is 0 Å². The molecule has 1 amide bonds. The molecular weight excluding hydrogens is 314 g/mol. The Labute approximate surface area is 130 Å². The Morgan fingerprint density at radius 1 is 1.50 bits per heavy atom. The van der Waals surface area contributed by atoms with Gasteiger partial charge in [0, 0.05) is 4.88 Å². The number of carboxylic acid groups (broad SMARTS) is 1. The second-order valence-corrected chi connectivity index (χ2v) is 7.23. The highest BCUT2D eigenvalue weighted by molar-refractivity contribution is 8.26. The molecule has 0 unspecified atom stereocenters. The van der Waals surface area contributed by atoms with Crippen molar-refractivity contribution < 1.29 is 14.7 Å². The molecule has 0 spiro atoms. The van der Waals surface area contributed by atoms with Gasteiger partial charge < -0.3 is 9.90 Å². The first-order valence-electron chi connectivity index (χ1n) is 5.93. The molecule has 1 saturated heterocycles. The first kappa shape index (κ1) is 15.2. The van der Waals surface area contributed by atoms with E-state index < -0.39 is 12.0 Å². The summed E-state index contributed by atoms with van der Waals surface area (Å²) in [4.78, 5) is 26.1. The molecule has 1 aliphatic heterocycles. The zero-order valence-corrected chi connectivity index (χ0v) is 13.3. The zero-order valence-electron chi connectivity index (χ0n) is 10.9. The Hall–Kier alpha value is -1.18. The SMILES string of the molecule is CC(C)[C@H](C(=O)[O-])N1C(=O)/C(=C/c2cccs2)SC1=S. The van der Waals surface area contributed by atoms with E-state index in [1.54, 1.807) is 19.9 Å². The zero-order chi connectivity index (χ0) is 14.9. The largest absolute Gasteiger partial charge is 0.548 e. The second kappa shape index (κ2) is 6.07. The van der Waals surface area contributed by atoms with Crippen LogP contribution in [0.25, 0.3) is 6.08 Å². The minimum absolute atomic E-state index is 0.265. The van der Waals surface area contributed by atoms with Crippen molar-refractivity contribution in [2.24, 2.45) is 5.92 Å². The Kier molecular flexibility index (Phi) is 4.62. The average Bonchev–Trinajstić information content (AvgIpc) is 2.93. The number of hydrogen-bond acceptors (Lipinski definition) is 6. The van der Waals surface area contributed by atoms with Crippen LogP contribution < -0.4 is 5.11 Å². The van der Waals surface area contributed by atoms with Crippen molar-refractivity contribution in [1.29, 1.82) is 0 Å². The fourth-order valence-electron chi connectivity index (χ4n) is 1.90. The highest BCUT2D eigenvalue weighted by Gasteiger charge is 2.39. The second-order valence-electron chi connectivity index (χ2n) is 4.58. The quantitative estimate of drug-likeness (QED) is 0.623. The number of nitrogens with zero attached hydrogens (tertiary/aromatic N) is 1. The molecule has 7 heteroatoms. The van der Waals surface area contributed by atoms with E-state index in [-0.39, 0.29) is 16.1 Å². The first-order valence-corrected chi connectivity index (χ1v) is 8.03. The summed E-state index contributed by atoms with van der Waals surface area (Å²) in [5.41, 5.74) is 0. The molecule has 4 nitrogen and oxygen atoms in total. The smallest absolute Gasteiger partial charge is 0.266 e. The van der Waals surface area contributed by atoms with Crippen LogP contribution in [-0.2, 0) is 9.59 Å². The molecule has 20 heavy (non-hydrogen) atoms. The summed E-state index contributed by atoms with van der Waals surface area (Å²) >= 11 is 7.78. The predicted octanol–water partition coefficient (Wildman–Crippen LogP) is 1.72. The minimum Gasteiger partial charge on any atom is -0.548 e. The third-order valence-electron chi connectivity index (χ3n) is 2.79. The molecule has 1 aliphatic rings. The molecule has 0 saturated carbocycles. The Morgan fingerprint density at radius 3 is 2.70 bits per heavy atom. The van der Waals surface area contributed by atoms with Crippen molar-refractivity contribution in [3.63, 3.8) is 0 Å². The summed E-state index contributed by atoms with van der Waals surface area (Å²) in [6.45, 7) is 3.45. The summed E-state index contributed by atoms with van der Waals surface area (Å²) in [6, 6.07) is 2.74. The van der Waals surface area contributed by atoms with E-state index in [0.29, 0.717) is 4.91 Å². The summed E-state index contributed by atoms with van der Waals surface area (Å²) in [5.74, 6) is -1.92. The molecular formula is C13H12NO3S3-. The highest BCUT2D eigenvalue weighted by Crippen LogP contribution is 2.35. The number of thiophene rings is 1. The lowest BCUT2D eigenvalue weighted by molar-refractivity contribution is -0.311. The van der Waals surface area contributed by atoms with Crippen LogP contribution in [0, 0.1) is 5.92 Å². The molecule has 0 aliphatic carbocycles. The molecule has 0 radical (unpaired) electrons. The van der Waals surface area contributed by atoms with Gasteiger partial charge in [0.1, 0.15) is 4.32 Å². The standard InChI is InChI=1S/C13H13NO3S3/c1-7(2)10(12(16)17)14-11(15)9(20-13(14)18)6-8-4-3-5-19-8/h3-7,10H,1-2H3,(H,16,17)/p-1/b9-6-/t10-/m1/s1. The number of amides is 1. The van der Waals surface area contributed by atoms with Gasteiger partial charge in [0.25, 0.3) is 5.91 Å². The van der Waals surface area contributed by atoms with E-state index in [9.17, 15) is 14.7 Å². The van der Waals surface area contributed by atoms with Crippen LogP contribution in [0.5, 0.6) is 0 Å². The van der Waals surface area contributed by atoms with Crippen LogP contribution in [0.15, 0.2) is 22.4 Å². The van der Waals surface area contributed by atoms with Crippen molar-refractivity contribution in [1.82, 2.24) is 4.90 Å². The summed E-state index contributed by atoms with van der Waals surface area (Å²) < 4.78 is 0.265. The van der Waals surface area contributed by atoms with Gasteiger partial charge in [-0.1, -0.05) is 43.9 Å². The van der Waals surface area contributed by atoms with E-state index >= 15 is 0 Å². The van der Waals surface area contributed by atoms with Crippen LogP contribution in [0.2, 0.25) is 0 Å². The van der Waals surface area contributed by atoms with Crippen molar-refractivity contribution in [3.05, 3.63) is 27.3 Å². The lowest BCUT2D eigenvalue weighted by Gasteiger charge is -2.30. The van der Waals surface area contributed by atoms with Crippen LogP contribution >= 0.6 is 35.3 Å². The lowest BCUT2D eigenvalue weighted by Crippen LogP contribution is -2.52. The fraction of sp³-hybridized carbons (Fsp3) is 0.308. The highest BCUT2D eigenvalue weighted by atomic mass is 32.2. The third-order valence-corrected chi connectivity index (χ3v) is 4.94. The van der Waals surface area contributed by atoms with Gasteiger partial charge in [0.05, 0.1) is 16.9 Å². The number of carbonyl (C=O) groups is 2. The topological polar surface area (TPSA) is 60.4 Å². The first-order chi connectivity index (χ1) is 9.41. The molecule has 0 aromatic carbocycles. The molecule has 0 bridgehead atoms. The van der Waals surface area contributed by atoms with Gasteiger partial charge >= 0.3 is 0 Å². The van der Waals surface area contributed by atoms with Crippen LogP contribution in [-0.4, -0.2) is 27.1 Å². The number of carbonyl (C=O) groups excluding carboxylic acids is 2. The van der Waals surface area contributed by atoms with E-state index in [1.807, 2.05) is 17.5 Å². The summed E-state index contributed by atoms with van der Waals surface area (Å²) in [7, 11) is 0. The van der Waals surface area contributed by atoms with E-state index in [1.165, 1.54) is 11.3 Å². The van der Waals surface area contributed by atoms with Crippen LogP contribution in [0.1, 0.15) is 18.7 Å². The van der Waals surface area contributed by atoms with Gasteiger partial charge in [-0.3, -0.25) is 9.69 Å². The normalized spacial score (nSPS) is 19.1. The predicted molar refractivity (Wildman–Crippen MR) is 83.0 cm³/mol. The fourth-order valence-corrected chi connectivity index (χ4v) is 3.95. The van der Waals surface area contributed by atoms with Crippen molar-refractivity contribution >= 4 is 57.6 Å². The Balaban J connectivity index is 2.31. The van der Waals surface area contributed by atoms with Crippen molar-refractivity contribution in [2.45, 2.75) is 19.9 Å². The number of thioether (sulfide) groups is 1. The molecule has 1 aromatic rings. The van der Waals surface area contributed by atoms with Crippen molar-refractivity contribution in [3.8, 4) is 0 Å². The Morgan fingerprint density at radius 2 is 2.20 bits per heavy atom. The number of rotatable bonds is 4. The maximum atomic E-state index is 12.4. The van der Waals surface area contributed by atoms with E-state index in [4.69, 9.17) is 12.2 Å². The summed E-state index contributed by atoms with van der Waals surface area (Å²) in [6.07, 6.45) is 1.73. The van der Waals surface area contributed by atoms with Gasteiger partial charge in [0.2, 0.25) is 0 Å².